The molecule has 10 heteroatoms. The lowest BCUT2D eigenvalue weighted by Crippen LogP contribution is -2.30. The molecule has 3 N–H and O–H groups in total. The van der Waals surface area contributed by atoms with Gasteiger partial charge in [0.25, 0.3) is 0 Å². The van der Waals surface area contributed by atoms with Crippen LogP contribution in [0.4, 0.5) is 5.82 Å². The van der Waals surface area contributed by atoms with Crippen molar-refractivity contribution >= 4 is 65.0 Å². The van der Waals surface area contributed by atoms with Gasteiger partial charge in [-0.05, 0) is 56.5 Å². The topological polar surface area (TPSA) is 90.9 Å². The number of ether oxygens (including phenoxy) is 1. The number of fused-ring (bicyclic) bond motifs is 3. The van der Waals surface area contributed by atoms with Crippen LogP contribution in [0, 0.1) is 5.92 Å². The molecule has 0 aliphatic carbocycles. The first-order valence-electron chi connectivity index (χ1n) is 11.0. The summed E-state index contributed by atoms with van der Waals surface area (Å²) in [4.78, 5) is 13.8. The van der Waals surface area contributed by atoms with Crippen molar-refractivity contribution in [1.29, 1.82) is 0 Å². The Morgan fingerprint density at radius 2 is 1.88 bits per heavy atom. The van der Waals surface area contributed by atoms with Gasteiger partial charge in [0, 0.05) is 36.5 Å². The molecule has 0 unspecified atom stereocenters. The van der Waals surface area contributed by atoms with Gasteiger partial charge >= 0.3 is 0 Å². The molecule has 1 aromatic carbocycles. The minimum absolute atomic E-state index is 0. The van der Waals surface area contributed by atoms with Crippen LogP contribution in [0.15, 0.2) is 42.7 Å². The lowest BCUT2D eigenvalue weighted by atomic mass is 9.98. The SMILES string of the molecule is CCOCc1nc2c(N)nc3cc(-c4cccnc4)ccc3c2n1CC1CCNCC1.Cl.Cl.Cl. The Bertz CT molecular complexity index is 1210. The maximum atomic E-state index is 6.41. The van der Waals surface area contributed by atoms with Crippen molar-refractivity contribution in [2.45, 2.75) is 32.9 Å². The summed E-state index contributed by atoms with van der Waals surface area (Å²) in [6.07, 6.45) is 5.98. The summed E-state index contributed by atoms with van der Waals surface area (Å²) in [5.41, 5.74) is 11.2. The van der Waals surface area contributed by atoms with Crippen LogP contribution in [0.1, 0.15) is 25.6 Å². The van der Waals surface area contributed by atoms with E-state index in [9.17, 15) is 0 Å². The van der Waals surface area contributed by atoms with Gasteiger partial charge in [-0.25, -0.2) is 9.97 Å². The number of imidazole rings is 1. The fraction of sp³-hybridized carbons (Fsp3) is 0.375. The number of nitrogen functional groups attached to an aromatic ring is 1. The van der Waals surface area contributed by atoms with Gasteiger partial charge in [-0.15, -0.1) is 37.2 Å². The Morgan fingerprint density at radius 3 is 2.59 bits per heavy atom. The third-order valence-electron chi connectivity index (χ3n) is 6.11. The Morgan fingerprint density at radius 1 is 1.09 bits per heavy atom. The van der Waals surface area contributed by atoms with Gasteiger partial charge in [0.15, 0.2) is 5.82 Å². The van der Waals surface area contributed by atoms with Crippen molar-refractivity contribution in [2.24, 2.45) is 5.92 Å². The number of halogens is 3. The fourth-order valence-electron chi connectivity index (χ4n) is 4.49. The highest BCUT2D eigenvalue weighted by molar-refractivity contribution is 6.07. The summed E-state index contributed by atoms with van der Waals surface area (Å²) in [5.74, 6) is 2.00. The maximum Gasteiger partial charge on any atom is 0.152 e. The quantitative estimate of drug-likeness (QED) is 0.367. The number of nitrogens with zero attached hydrogens (tertiary/aromatic N) is 4. The third kappa shape index (κ3) is 5.56. The van der Waals surface area contributed by atoms with Crippen LogP contribution in [-0.2, 0) is 17.9 Å². The molecule has 3 aromatic heterocycles. The van der Waals surface area contributed by atoms with Gasteiger partial charge in [-0.2, -0.15) is 0 Å². The van der Waals surface area contributed by atoms with Crippen LogP contribution in [0.5, 0.6) is 0 Å². The molecule has 4 heterocycles. The number of hydrogen-bond acceptors (Lipinski definition) is 6. The minimum atomic E-state index is 0. The summed E-state index contributed by atoms with van der Waals surface area (Å²) in [7, 11) is 0. The molecular formula is C24H31Cl3N6O. The number of pyridine rings is 2. The molecule has 1 fully saturated rings. The van der Waals surface area contributed by atoms with Crippen molar-refractivity contribution in [3.63, 3.8) is 0 Å². The van der Waals surface area contributed by atoms with Gasteiger partial charge in [-0.1, -0.05) is 18.2 Å². The number of nitrogens with two attached hydrogens (primary N) is 1. The monoisotopic (exact) mass is 524 g/mol. The van der Waals surface area contributed by atoms with Gasteiger partial charge < -0.3 is 20.4 Å². The highest BCUT2D eigenvalue weighted by Crippen LogP contribution is 2.33. The molecule has 184 valence electrons. The normalized spacial score (nSPS) is 13.8. The van der Waals surface area contributed by atoms with Crippen molar-refractivity contribution in [3.05, 3.63) is 48.5 Å². The van der Waals surface area contributed by atoms with E-state index in [2.05, 4.69) is 39.1 Å². The summed E-state index contributed by atoms with van der Waals surface area (Å²) >= 11 is 0. The average Bonchev–Trinajstić information content (AvgIpc) is 3.17. The number of nitrogens with one attached hydrogen (secondary N) is 1. The number of rotatable bonds is 6. The Kier molecular flexibility index (Phi) is 10.3. The molecule has 0 spiro atoms. The van der Waals surface area contributed by atoms with E-state index in [-0.39, 0.29) is 37.2 Å². The lowest BCUT2D eigenvalue weighted by Gasteiger charge is -2.24. The Balaban J connectivity index is 0.00000136. The molecule has 5 rings (SSSR count). The zero-order valence-electron chi connectivity index (χ0n) is 19.1. The molecule has 0 saturated carbocycles. The molecule has 0 radical (unpaired) electrons. The second-order valence-corrected chi connectivity index (χ2v) is 8.14. The molecule has 0 bridgehead atoms. The van der Waals surface area contributed by atoms with E-state index in [1.165, 1.54) is 0 Å². The molecule has 34 heavy (non-hydrogen) atoms. The molecule has 7 nitrogen and oxygen atoms in total. The predicted molar refractivity (Wildman–Crippen MR) is 145 cm³/mol. The van der Waals surface area contributed by atoms with Crippen LogP contribution in [0.25, 0.3) is 33.1 Å². The van der Waals surface area contributed by atoms with Crippen LogP contribution in [-0.4, -0.2) is 39.2 Å². The molecule has 1 saturated heterocycles. The molecular weight excluding hydrogens is 495 g/mol. The Labute approximate surface area is 218 Å². The third-order valence-corrected chi connectivity index (χ3v) is 6.11. The number of piperidine rings is 1. The molecule has 4 aromatic rings. The van der Waals surface area contributed by atoms with Gasteiger partial charge in [-0.3, -0.25) is 4.98 Å². The lowest BCUT2D eigenvalue weighted by molar-refractivity contribution is 0.125. The second-order valence-electron chi connectivity index (χ2n) is 8.14. The Hall–Kier alpha value is -2.16. The molecule has 0 atom stereocenters. The molecule has 0 amide bonds. The largest absolute Gasteiger partial charge is 0.382 e. The van der Waals surface area contributed by atoms with E-state index in [1.807, 2.05) is 19.2 Å². The smallest absolute Gasteiger partial charge is 0.152 e. The number of aromatic nitrogens is 4. The predicted octanol–water partition coefficient (Wildman–Crippen LogP) is 5.03. The summed E-state index contributed by atoms with van der Waals surface area (Å²) in [6.45, 7) is 6.19. The van der Waals surface area contributed by atoms with Gasteiger partial charge in [0.2, 0.25) is 0 Å². The average molecular weight is 526 g/mol. The van der Waals surface area contributed by atoms with Crippen molar-refractivity contribution in [2.75, 3.05) is 25.4 Å². The molecule has 1 aliphatic rings. The van der Waals surface area contributed by atoms with E-state index >= 15 is 0 Å². The second kappa shape index (κ2) is 12.5. The summed E-state index contributed by atoms with van der Waals surface area (Å²) in [5, 5.41) is 4.53. The van der Waals surface area contributed by atoms with Crippen molar-refractivity contribution in [3.8, 4) is 11.1 Å². The van der Waals surface area contributed by atoms with Crippen LogP contribution < -0.4 is 11.1 Å². The van der Waals surface area contributed by atoms with Gasteiger partial charge in [0.1, 0.15) is 17.9 Å². The first kappa shape index (κ1) is 28.1. The molecule has 1 aliphatic heterocycles. The van der Waals surface area contributed by atoms with E-state index in [0.29, 0.717) is 24.9 Å². The van der Waals surface area contributed by atoms with E-state index in [0.717, 1.165) is 71.4 Å². The highest BCUT2D eigenvalue weighted by Gasteiger charge is 2.21. The minimum Gasteiger partial charge on any atom is -0.382 e. The first-order chi connectivity index (χ1) is 15.2. The first-order valence-corrected chi connectivity index (χ1v) is 11.0. The van der Waals surface area contributed by atoms with E-state index in [1.54, 1.807) is 6.20 Å². The van der Waals surface area contributed by atoms with Crippen LogP contribution in [0.3, 0.4) is 0 Å². The van der Waals surface area contributed by atoms with Gasteiger partial charge in [0.05, 0.1) is 11.0 Å². The summed E-state index contributed by atoms with van der Waals surface area (Å²) in [6, 6.07) is 10.3. The maximum absolute atomic E-state index is 6.41. The summed E-state index contributed by atoms with van der Waals surface area (Å²) < 4.78 is 8.07. The highest BCUT2D eigenvalue weighted by atomic mass is 35.5. The van der Waals surface area contributed by atoms with Crippen LogP contribution >= 0.6 is 37.2 Å². The van der Waals surface area contributed by atoms with Crippen molar-refractivity contribution in [1.82, 2.24) is 24.8 Å². The van der Waals surface area contributed by atoms with E-state index in [4.69, 9.17) is 20.4 Å². The zero-order valence-corrected chi connectivity index (χ0v) is 21.5. The number of anilines is 1. The number of hydrogen-bond donors (Lipinski definition) is 2. The fourth-order valence-corrected chi connectivity index (χ4v) is 4.49. The van der Waals surface area contributed by atoms with Crippen molar-refractivity contribution < 1.29 is 4.74 Å². The number of benzene rings is 1. The zero-order chi connectivity index (χ0) is 21.2. The standard InChI is InChI=1S/C24H28N6O.3ClH/c1-2-31-15-21-29-22-23(30(21)14-16-7-10-26-11-8-16)19-6-5-17(12-20(19)28-24(22)25)18-4-3-9-27-13-18;;;/h3-6,9,12-13,16,26H,2,7-8,10-11,14-15H2,1H3,(H2,25,28);3*1H. The van der Waals surface area contributed by atoms with E-state index < -0.39 is 0 Å². The van der Waals surface area contributed by atoms with Crippen LogP contribution in [0.2, 0.25) is 0 Å².